The van der Waals surface area contributed by atoms with Crippen molar-refractivity contribution in [2.75, 3.05) is 25.2 Å². The molecular weight excluding hydrogens is 414 g/mol. The summed E-state index contributed by atoms with van der Waals surface area (Å²) in [5.74, 6) is -1.47. The molecule has 0 saturated carbocycles. The van der Waals surface area contributed by atoms with Gasteiger partial charge in [-0.05, 0) is 36.8 Å². The second kappa shape index (κ2) is 10.2. The molecule has 0 radical (unpaired) electrons. The fourth-order valence-electron chi connectivity index (χ4n) is 2.60. The van der Waals surface area contributed by atoms with Gasteiger partial charge in [0.2, 0.25) is 0 Å². The predicted molar refractivity (Wildman–Crippen MR) is 109 cm³/mol. The summed E-state index contributed by atoms with van der Waals surface area (Å²) in [6, 6.07) is 10.4. The van der Waals surface area contributed by atoms with Crippen LogP contribution in [-0.4, -0.2) is 37.1 Å². The Morgan fingerprint density at radius 3 is 2.60 bits per heavy atom. The Labute approximate surface area is 177 Å². The van der Waals surface area contributed by atoms with E-state index >= 15 is 0 Å². The summed E-state index contributed by atoms with van der Waals surface area (Å²) in [4.78, 5) is 36.4. The summed E-state index contributed by atoms with van der Waals surface area (Å²) in [6.45, 7) is 1.33. The average Bonchev–Trinajstić information content (AvgIpc) is 2.73. The van der Waals surface area contributed by atoms with Crippen molar-refractivity contribution in [3.05, 3.63) is 62.7 Å². The van der Waals surface area contributed by atoms with Crippen molar-refractivity contribution in [1.82, 2.24) is 0 Å². The van der Waals surface area contributed by atoms with E-state index in [0.717, 1.165) is 17.7 Å². The second-order valence-corrected chi connectivity index (χ2v) is 6.51. The second-order valence-electron chi connectivity index (χ2n) is 6.11. The number of rotatable bonds is 8. The Balaban J connectivity index is 2.27. The molecule has 0 aliphatic heterocycles. The van der Waals surface area contributed by atoms with Crippen molar-refractivity contribution in [2.45, 2.75) is 13.3 Å². The maximum atomic E-state index is 12.8. The van der Waals surface area contributed by atoms with Gasteiger partial charge in [-0.2, -0.15) is 5.26 Å². The van der Waals surface area contributed by atoms with Crippen LogP contribution in [0.1, 0.15) is 22.3 Å². The van der Waals surface area contributed by atoms with E-state index < -0.39 is 29.1 Å². The number of carbonyl (C=O) groups excluding carboxylic acids is 2. The quantitative estimate of drug-likeness (QED) is 0.355. The number of aryl methyl sites for hydroxylation is 1. The molecule has 0 atom stereocenters. The zero-order valence-electron chi connectivity index (χ0n) is 16.3. The lowest BCUT2D eigenvalue weighted by molar-refractivity contribution is -0.385. The summed E-state index contributed by atoms with van der Waals surface area (Å²) in [5, 5.41) is 20.7. The number of anilines is 1. The number of nitriles is 1. The highest BCUT2D eigenvalue weighted by Crippen LogP contribution is 2.29. The van der Waals surface area contributed by atoms with Crippen LogP contribution in [0, 0.1) is 28.4 Å². The molecule has 30 heavy (non-hydrogen) atoms. The van der Waals surface area contributed by atoms with Crippen LogP contribution in [-0.2, 0) is 9.53 Å². The highest BCUT2D eigenvalue weighted by Gasteiger charge is 2.22. The number of nitro benzene ring substituents is 1. The van der Waals surface area contributed by atoms with Gasteiger partial charge in [-0.1, -0.05) is 11.6 Å². The van der Waals surface area contributed by atoms with Crippen molar-refractivity contribution < 1.29 is 24.0 Å². The van der Waals surface area contributed by atoms with Gasteiger partial charge in [0.25, 0.3) is 5.91 Å². The molecule has 0 spiro atoms. The maximum Gasteiger partial charge on any atom is 0.337 e. The molecule has 10 heteroatoms. The first-order valence-electron chi connectivity index (χ1n) is 8.71. The zero-order chi connectivity index (χ0) is 22.3. The Bertz CT molecular complexity index is 1020. The Kier molecular flexibility index (Phi) is 7.72. The van der Waals surface area contributed by atoms with E-state index in [0.29, 0.717) is 10.7 Å². The summed E-state index contributed by atoms with van der Waals surface area (Å²) in [6.07, 6.45) is 0.0748. The summed E-state index contributed by atoms with van der Waals surface area (Å²) >= 11 is 6.03. The van der Waals surface area contributed by atoms with E-state index in [2.05, 4.69) is 4.74 Å². The minimum Gasteiger partial charge on any atom is -0.477 e. The van der Waals surface area contributed by atoms with Crippen LogP contribution >= 0.6 is 11.6 Å². The molecule has 156 valence electrons. The smallest absolute Gasteiger partial charge is 0.337 e. The van der Waals surface area contributed by atoms with Crippen LogP contribution in [0.5, 0.6) is 5.75 Å². The van der Waals surface area contributed by atoms with E-state index in [1.807, 2.05) is 6.07 Å². The maximum absolute atomic E-state index is 12.8. The molecule has 2 aromatic rings. The highest BCUT2D eigenvalue weighted by molar-refractivity contribution is 6.31. The van der Waals surface area contributed by atoms with Gasteiger partial charge in [0.05, 0.1) is 30.1 Å². The highest BCUT2D eigenvalue weighted by atomic mass is 35.5. The predicted octanol–water partition coefficient (Wildman–Crippen LogP) is 3.67. The van der Waals surface area contributed by atoms with Gasteiger partial charge in [-0.15, -0.1) is 0 Å². The number of hydrogen-bond acceptors (Lipinski definition) is 7. The minimum atomic E-state index is -0.701. The first kappa shape index (κ1) is 22.6. The number of halogens is 1. The molecule has 0 saturated heterocycles. The molecule has 0 aromatic heterocycles. The molecular formula is C20H18ClN3O6. The van der Waals surface area contributed by atoms with Gasteiger partial charge in [0.15, 0.2) is 12.4 Å². The van der Waals surface area contributed by atoms with E-state index in [1.165, 1.54) is 18.1 Å². The van der Waals surface area contributed by atoms with E-state index in [9.17, 15) is 19.7 Å². The number of carbonyl (C=O) groups is 2. The lowest BCUT2D eigenvalue weighted by Crippen LogP contribution is -2.35. The molecule has 0 heterocycles. The number of benzene rings is 2. The average molecular weight is 432 g/mol. The molecule has 0 N–H and O–H groups in total. The van der Waals surface area contributed by atoms with E-state index in [-0.39, 0.29) is 24.3 Å². The van der Waals surface area contributed by atoms with Gasteiger partial charge < -0.3 is 14.4 Å². The van der Waals surface area contributed by atoms with Crippen LogP contribution in [0.15, 0.2) is 36.4 Å². The lowest BCUT2D eigenvalue weighted by Gasteiger charge is -2.22. The molecule has 0 fully saturated rings. The molecule has 0 unspecified atom stereocenters. The standard InChI is InChI=1S/C20H18ClN3O6/c1-13-10-15(5-6-16(13)21)23(9-3-8-22)19(25)12-30-18-11-14(20(26)29-2)4-7-17(18)24(27)28/h4-7,10-11H,3,9,12H2,1-2H3. The molecule has 1 amide bonds. The van der Waals surface area contributed by atoms with Gasteiger partial charge in [0, 0.05) is 29.4 Å². The molecule has 2 aromatic carbocycles. The summed E-state index contributed by atoms with van der Waals surface area (Å²) in [5.41, 5.74) is 0.895. The van der Waals surface area contributed by atoms with Crippen molar-refractivity contribution >= 4 is 34.9 Å². The van der Waals surface area contributed by atoms with E-state index in [1.54, 1.807) is 25.1 Å². The van der Waals surface area contributed by atoms with Crippen molar-refractivity contribution in [2.24, 2.45) is 0 Å². The summed E-state index contributed by atoms with van der Waals surface area (Å²) < 4.78 is 9.98. The Morgan fingerprint density at radius 2 is 2.00 bits per heavy atom. The third-order valence-corrected chi connectivity index (χ3v) is 4.55. The number of esters is 1. The third kappa shape index (κ3) is 5.46. The van der Waals surface area contributed by atoms with Gasteiger partial charge in [-0.25, -0.2) is 4.79 Å². The SMILES string of the molecule is COC(=O)c1ccc([N+](=O)[O-])c(OCC(=O)N(CCC#N)c2ccc(Cl)c(C)c2)c1. The topological polar surface area (TPSA) is 123 Å². The number of ether oxygens (including phenoxy) is 2. The Morgan fingerprint density at radius 1 is 1.27 bits per heavy atom. The number of methoxy groups -OCH3 is 1. The number of hydrogen-bond donors (Lipinski definition) is 0. The van der Waals surface area contributed by atoms with Crippen LogP contribution in [0.3, 0.4) is 0 Å². The zero-order valence-corrected chi connectivity index (χ0v) is 17.0. The molecule has 9 nitrogen and oxygen atoms in total. The number of nitro groups is 1. The van der Waals surface area contributed by atoms with Crippen LogP contribution < -0.4 is 9.64 Å². The normalized spacial score (nSPS) is 10.1. The molecule has 0 bridgehead atoms. The largest absolute Gasteiger partial charge is 0.477 e. The van der Waals surface area contributed by atoms with Crippen molar-refractivity contribution in [3.63, 3.8) is 0 Å². The number of amides is 1. The van der Waals surface area contributed by atoms with Gasteiger partial charge >= 0.3 is 11.7 Å². The molecule has 0 aliphatic rings. The monoisotopic (exact) mass is 431 g/mol. The fourth-order valence-corrected chi connectivity index (χ4v) is 2.72. The first-order valence-corrected chi connectivity index (χ1v) is 9.09. The summed E-state index contributed by atoms with van der Waals surface area (Å²) in [7, 11) is 1.18. The minimum absolute atomic E-state index is 0.0419. The Hall–Kier alpha value is -3.64. The van der Waals surface area contributed by atoms with Gasteiger partial charge in [-0.3, -0.25) is 14.9 Å². The van der Waals surface area contributed by atoms with Crippen LogP contribution in [0.2, 0.25) is 5.02 Å². The van der Waals surface area contributed by atoms with Gasteiger partial charge in [0.1, 0.15) is 0 Å². The molecule has 0 aliphatic carbocycles. The molecule has 2 rings (SSSR count). The van der Waals surface area contributed by atoms with Crippen molar-refractivity contribution in [3.8, 4) is 11.8 Å². The van der Waals surface area contributed by atoms with Crippen LogP contribution in [0.25, 0.3) is 0 Å². The van der Waals surface area contributed by atoms with Crippen molar-refractivity contribution in [1.29, 1.82) is 5.26 Å². The van der Waals surface area contributed by atoms with E-state index in [4.69, 9.17) is 21.6 Å². The van der Waals surface area contributed by atoms with Crippen LogP contribution in [0.4, 0.5) is 11.4 Å². The fraction of sp³-hybridized carbons (Fsp3) is 0.250. The number of nitrogens with zero attached hydrogens (tertiary/aromatic N) is 3. The third-order valence-electron chi connectivity index (χ3n) is 4.13. The lowest BCUT2D eigenvalue weighted by atomic mass is 10.2. The first-order chi connectivity index (χ1) is 14.3.